The molecule has 0 aliphatic rings. The molecule has 70 valence electrons. The minimum Gasteiger partial charge on any atom is -0.293 e. The van der Waals surface area contributed by atoms with Crippen LogP contribution in [-0.4, -0.2) is 0 Å². The van der Waals surface area contributed by atoms with Crippen molar-refractivity contribution in [3.8, 4) is 11.1 Å². The van der Waals surface area contributed by atoms with E-state index in [1.165, 1.54) is 0 Å². The van der Waals surface area contributed by atoms with Gasteiger partial charge in [-0.1, -0.05) is 12.1 Å². The molecule has 2 aromatic heterocycles. The number of aryl methyl sites for hydroxylation is 2. The van der Waals surface area contributed by atoms with E-state index in [0.29, 0.717) is 0 Å². The average Bonchev–Trinajstić information content (AvgIpc) is 2.18. The highest BCUT2D eigenvalue weighted by Gasteiger charge is 1.91. The number of rotatable bonds is 1. The monoisotopic (exact) mass is 184 g/mol. The Kier molecular flexibility index (Phi) is 2.27. The highest BCUT2D eigenvalue weighted by atomic mass is 14.9. The quantitative estimate of drug-likeness (QED) is 0.453. The van der Waals surface area contributed by atoms with E-state index < -0.39 is 0 Å². The van der Waals surface area contributed by atoms with Crippen LogP contribution in [-0.2, 0) is 14.1 Å². The Balaban J connectivity index is 2.49. The summed E-state index contributed by atoms with van der Waals surface area (Å²) in [6.07, 6.45) is 10.4. The van der Waals surface area contributed by atoms with Gasteiger partial charge in [-0.2, -0.15) is 23.3 Å². The van der Waals surface area contributed by atoms with Crippen LogP contribution in [0.3, 0.4) is 0 Å². The third kappa shape index (κ3) is 1.79. The lowest BCUT2D eigenvalue weighted by atomic mass is 10.1. The Labute approximate surface area is 84.1 Å². The van der Waals surface area contributed by atoms with Crippen LogP contribution in [0, 0.1) is 12.4 Å². The first-order valence-corrected chi connectivity index (χ1v) is 4.52. The van der Waals surface area contributed by atoms with Gasteiger partial charge in [-0.05, 0) is 0 Å². The van der Waals surface area contributed by atoms with Crippen LogP contribution >= 0.6 is 0 Å². The fourth-order valence-corrected chi connectivity index (χ4v) is 1.37. The van der Waals surface area contributed by atoms with Crippen molar-refractivity contribution in [1.29, 1.82) is 0 Å². The summed E-state index contributed by atoms with van der Waals surface area (Å²) >= 11 is 0. The molecular weight excluding hydrogens is 172 g/mol. The molecule has 0 amide bonds. The van der Waals surface area contributed by atoms with Crippen LogP contribution in [0.2, 0.25) is 0 Å². The topological polar surface area (TPSA) is 7.76 Å². The molecule has 0 spiro atoms. The fraction of sp³-hybridized carbons (Fsp3) is 0.167. The molecule has 2 rings (SSSR count). The molecule has 2 heteroatoms. The Hall–Kier alpha value is -1.70. The van der Waals surface area contributed by atoms with Crippen molar-refractivity contribution in [2.24, 2.45) is 14.1 Å². The second-order valence-corrected chi connectivity index (χ2v) is 3.29. The van der Waals surface area contributed by atoms with Crippen LogP contribution in [0.15, 0.2) is 36.7 Å². The lowest BCUT2D eigenvalue weighted by Crippen LogP contribution is -2.29. The fourth-order valence-electron chi connectivity index (χ4n) is 1.37. The van der Waals surface area contributed by atoms with E-state index in [0.717, 1.165) is 11.1 Å². The molecule has 2 aromatic rings. The summed E-state index contributed by atoms with van der Waals surface area (Å²) in [5.74, 6) is 0. The molecule has 0 N–H and O–H groups in total. The zero-order valence-corrected chi connectivity index (χ0v) is 8.36. The van der Waals surface area contributed by atoms with E-state index in [9.17, 15) is 0 Å². The first kappa shape index (κ1) is 8.88. The molecule has 0 atom stereocenters. The van der Waals surface area contributed by atoms with Gasteiger partial charge in [-0.25, -0.2) is 0 Å². The SMILES string of the molecule is C[n+]1[c-]c(-c2[c-][n+](C)ccc2)ccc1. The maximum Gasteiger partial charge on any atom is 0.120 e. The zero-order chi connectivity index (χ0) is 9.97. The molecule has 0 aromatic carbocycles. The standard InChI is InChI=1S/C12H12N2/c1-13-7-3-5-11(9-13)12-6-4-8-14(2)10-12/h3-8H,1-2H3. The Morgan fingerprint density at radius 2 is 1.29 bits per heavy atom. The van der Waals surface area contributed by atoms with Crippen molar-refractivity contribution < 1.29 is 9.13 Å². The van der Waals surface area contributed by atoms with Gasteiger partial charge in [0.25, 0.3) is 0 Å². The minimum atomic E-state index is 1.06. The molecule has 2 heterocycles. The lowest BCUT2D eigenvalue weighted by molar-refractivity contribution is -0.676. The Morgan fingerprint density at radius 3 is 1.64 bits per heavy atom. The van der Waals surface area contributed by atoms with E-state index >= 15 is 0 Å². The van der Waals surface area contributed by atoms with Crippen molar-refractivity contribution in [2.75, 3.05) is 0 Å². The predicted octanol–water partition coefficient (Wildman–Crippen LogP) is 0.603. The normalized spacial score (nSPS) is 10.1. The number of hydrogen-bond acceptors (Lipinski definition) is 0. The number of hydrogen-bond donors (Lipinski definition) is 0. The van der Waals surface area contributed by atoms with E-state index in [1.807, 2.05) is 59.9 Å². The van der Waals surface area contributed by atoms with Gasteiger partial charge < -0.3 is 0 Å². The third-order valence-corrected chi connectivity index (χ3v) is 2.03. The summed E-state index contributed by atoms with van der Waals surface area (Å²) in [7, 11) is 3.93. The first-order valence-electron chi connectivity index (χ1n) is 4.52. The molecule has 0 bridgehead atoms. The molecule has 2 nitrogen and oxygen atoms in total. The molecular formula is C12H12N2. The van der Waals surface area contributed by atoms with Gasteiger partial charge in [-0.3, -0.25) is 9.13 Å². The van der Waals surface area contributed by atoms with Gasteiger partial charge in [0.05, 0.1) is 12.4 Å². The number of aromatic nitrogens is 2. The molecule has 0 fully saturated rings. The molecule has 0 radical (unpaired) electrons. The second-order valence-electron chi connectivity index (χ2n) is 3.29. The van der Waals surface area contributed by atoms with Crippen LogP contribution in [0.25, 0.3) is 11.1 Å². The summed E-state index contributed by atoms with van der Waals surface area (Å²) in [5, 5.41) is 0. The van der Waals surface area contributed by atoms with Gasteiger partial charge in [0.2, 0.25) is 0 Å². The van der Waals surface area contributed by atoms with E-state index in [2.05, 4.69) is 12.4 Å². The number of nitrogens with zero attached hydrogens (tertiary/aromatic N) is 2. The molecule has 0 unspecified atom stereocenters. The van der Waals surface area contributed by atoms with E-state index in [1.54, 1.807) is 0 Å². The van der Waals surface area contributed by atoms with E-state index in [4.69, 9.17) is 0 Å². The van der Waals surface area contributed by atoms with E-state index in [-0.39, 0.29) is 0 Å². The van der Waals surface area contributed by atoms with Crippen molar-refractivity contribution >= 4 is 0 Å². The summed E-state index contributed by atoms with van der Waals surface area (Å²) in [4.78, 5) is 0. The summed E-state index contributed by atoms with van der Waals surface area (Å²) in [6, 6.07) is 8.08. The molecule has 0 saturated carbocycles. The highest BCUT2D eigenvalue weighted by Crippen LogP contribution is 2.12. The van der Waals surface area contributed by atoms with Crippen LogP contribution in [0.1, 0.15) is 0 Å². The van der Waals surface area contributed by atoms with Crippen molar-refractivity contribution in [2.45, 2.75) is 0 Å². The van der Waals surface area contributed by atoms with Gasteiger partial charge >= 0.3 is 0 Å². The summed E-state index contributed by atoms with van der Waals surface area (Å²) < 4.78 is 3.83. The van der Waals surface area contributed by atoms with Crippen LogP contribution in [0.4, 0.5) is 0 Å². The van der Waals surface area contributed by atoms with Crippen LogP contribution < -0.4 is 9.13 Å². The smallest absolute Gasteiger partial charge is 0.120 e. The van der Waals surface area contributed by atoms with Crippen molar-refractivity contribution in [3.63, 3.8) is 0 Å². The molecule has 0 aliphatic heterocycles. The van der Waals surface area contributed by atoms with Crippen molar-refractivity contribution in [3.05, 3.63) is 49.1 Å². The second kappa shape index (κ2) is 3.58. The Morgan fingerprint density at radius 1 is 0.857 bits per heavy atom. The molecule has 14 heavy (non-hydrogen) atoms. The summed E-state index contributed by atoms with van der Waals surface area (Å²) in [6.45, 7) is 0. The number of pyridine rings is 2. The van der Waals surface area contributed by atoms with Gasteiger partial charge in [0.15, 0.2) is 0 Å². The minimum absolute atomic E-state index is 1.06. The average molecular weight is 184 g/mol. The molecule has 0 saturated heterocycles. The first-order chi connectivity index (χ1) is 6.75. The van der Waals surface area contributed by atoms with Gasteiger partial charge in [-0.15, -0.1) is 0 Å². The third-order valence-electron chi connectivity index (χ3n) is 2.03. The largest absolute Gasteiger partial charge is 0.293 e. The maximum absolute atomic E-state index is 3.22. The van der Waals surface area contributed by atoms with Gasteiger partial charge in [0.1, 0.15) is 26.5 Å². The zero-order valence-electron chi connectivity index (χ0n) is 8.36. The predicted molar refractivity (Wildman–Crippen MR) is 51.9 cm³/mol. The summed E-state index contributed by atoms with van der Waals surface area (Å²) in [5.41, 5.74) is 2.12. The van der Waals surface area contributed by atoms with Crippen molar-refractivity contribution in [1.82, 2.24) is 0 Å². The lowest BCUT2D eigenvalue weighted by Gasteiger charge is -2.10. The molecule has 0 aliphatic carbocycles. The highest BCUT2D eigenvalue weighted by molar-refractivity contribution is 5.58. The Bertz CT molecular complexity index is 406. The van der Waals surface area contributed by atoms with Gasteiger partial charge in [0, 0.05) is 0 Å². The van der Waals surface area contributed by atoms with Crippen LogP contribution in [0.5, 0.6) is 0 Å². The maximum atomic E-state index is 3.22.